The number of hydrogen-bond donors (Lipinski definition) is 4. The van der Waals surface area contributed by atoms with E-state index >= 15 is 0 Å². The topological polar surface area (TPSA) is 85.3 Å². The zero-order valence-corrected chi connectivity index (χ0v) is 25.5. The molecule has 0 saturated heterocycles. The minimum absolute atomic E-state index is 0.575. The van der Waals surface area contributed by atoms with Gasteiger partial charge in [-0.1, -0.05) is 54.6 Å². The van der Waals surface area contributed by atoms with Gasteiger partial charge < -0.3 is 24.7 Å². The van der Waals surface area contributed by atoms with Crippen LogP contribution in [0.3, 0.4) is 0 Å². The average Bonchev–Trinajstić information content (AvgIpc) is 3.90. The Morgan fingerprint density at radius 3 is 2.23 bits per heavy atom. The highest BCUT2D eigenvalue weighted by molar-refractivity contribution is 6.08. The molecule has 0 atom stereocenters. The molecule has 0 aliphatic carbocycles. The Balaban J connectivity index is 1.20. The maximum absolute atomic E-state index is 6.07. The molecule has 0 unspecified atom stereocenters. The Morgan fingerprint density at radius 2 is 1.38 bits per heavy atom. The van der Waals surface area contributed by atoms with Gasteiger partial charge in [-0.05, 0) is 95.2 Å². The average molecular weight is 610 g/mol. The maximum Gasteiger partial charge on any atom is 0.119 e. The fourth-order valence-electron chi connectivity index (χ4n) is 6.59. The van der Waals surface area contributed by atoms with Crippen molar-refractivity contribution in [3.8, 4) is 16.9 Å². The zero-order valence-electron chi connectivity index (χ0n) is 25.5. The highest BCUT2D eigenvalue weighted by atomic mass is 16.5. The molecule has 1 aliphatic rings. The lowest BCUT2D eigenvalue weighted by Crippen LogP contribution is -2.11. The van der Waals surface area contributed by atoms with E-state index in [9.17, 15) is 0 Å². The molecule has 6 nitrogen and oxygen atoms in total. The van der Waals surface area contributed by atoms with Crippen molar-refractivity contribution in [3.05, 3.63) is 165 Å². The first-order valence-corrected chi connectivity index (χ1v) is 15.9. The molecule has 226 valence electrons. The molecule has 8 aromatic rings. The van der Waals surface area contributed by atoms with Gasteiger partial charge in [0.15, 0.2) is 0 Å². The van der Waals surface area contributed by atoms with Gasteiger partial charge in [-0.25, -0.2) is 0 Å². The first-order valence-electron chi connectivity index (χ1n) is 15.9. The third kappa shape index (κ3) is 5.26. The van der Waals surface area contributed by atoms with E-state index in [0.29, 0.717) is 6.61 Å². The lowest BCUT2D eigenvalue weighted by Gasteiger charge is -2.07. The monoisotopic (exact) mass is 609 g/mol. The number of aromatic nitrogens is 5. The Morgan fingerprint density at radius 1 is 0.574 bits per heavy atom. The van der Waals surface area contributed by atoms with Crippen LogP contribution in [-0.4, -0.2) is 31.5 Å². The van der Waals surface area contributed by atoms with E-state index in [1.165, 1.54) is 21.5 Å². The molecule has 0 spiro atoms. The number of rotatable bonds is 5. The number of aromatic amines is 4. The van der Waals surface area contributed by atoms with Crippen molar-refractivity contribution in [2.45, 2.75) is 6.42 Å². The summed E-state index contributed by atoms with van der Waals surface area (Å²) in [6.07, 6.45) is 11.3. The smallest absolute Gasteiger partial charge is 0.119 e. The molecule has 5 aromatic heterocycles. The Hall–Kier alpha value is -6.27. The van der Waals surface area contributed by atoms with Crippen LogP contribution in [0, 0.1) is 0 Å². The van der Waals surface area contributed by atoms with Gasteiger partial charge in [0.05, 0.1) is 6.61 Å². The molecule has 4 N–H and O–H groups in total. The van der Waals surface area contributed by atoms with Crippen LogP contribution in [0.2, 0.25) is 0 Å². The summed E-state index contributed by atoms with van der Waals surface area (Å²) in [6, 6.07) is 38.0. The third-order valence-corrected chi connectivity index (χ3v) is 8.82. The first-order chi connectivity index (χ1) is 23.2. The summed E-state index contributed by atoms with van der Waals surface area (Å²) in [7, 11) is 0. The van der Waals surface area contributed by atoms with Crippen LogP contribution in [0.5, 0.6) is 5.75 Å². The normalized spacial score (nSPS) is 12.3. The van der Waals surface area contributed by atoms with Crippen LogP contribution in [0.1, 0.15) is 28.5 Å². The van der Waals surface area contributed by atoms with E-state index in [2.05, 4.69) is 128 Å². The van der Waals surface area contributed by atoms with Gasteiger partial charge in [-0.15, -0.1) is 0 Å². The van der Waals surface area contributed by atoms with E-state index in [4.69, 9.17) is 4.74 Å². The van der Waals surface area contributed by atoms with Crippen molar-refractivity contribution >= 4 is 45.8 Å². The van der Waals surface area contributed by atoms with Crippen LogP contribution in [0.4, 0.5) is 0 Å². The quantitative estimate of drug-likeness (QED) is 0.204. The molecule has 9 rings (SSSR count). The minimum atomic E-state index is 0.575. The van der Waals surface area contributed by atoms with E-state index in [1.807, 2.05) is 36.5 Å². The lowest BCUT2D eigenvalue weighted by molar-refractivity contribution is 0.320. The van der Waals surface area contributed by atoms with Gasteiger partial charge in [0, 0.05) is 78.8 Å². The predicted molar refractivity (Wildman–Crippen MR) is 190 cm³/mol. The number of nitrogens with one attached hydrogen (secondary N) is 4. The summed E-state index contributed by atoms with van der Waals surface area (Å²) < 4.78 is 6.07. The van der Waals surface area contributed by atoms with Crippen molar-refractivity contribution in [2.75, 3.05) is 6.61 Å². The highest BCUT2D eigenvalue weighted by Crippen LogP contribution is 2.28. The maximum atomic E-state index is 6.07. The molecule has 0 amide bonds. The van der Waals surface area contributed by atoms with E-state index in [1.54, 1.807) is 0 Å². The fourth-order valence-corrected chi connectivity index (χ4v) is 6.59. The van der Waals surface area contributed by atoms with Crippen LogP contribution >= 0.6 is 0 Å². The highest BCUT2D eigenvalue weighted by Gasteiger charge is 2.12. The molecule has 1 aliphatic heterocycles. The van der Waals surface area contributed by atoms with E-state index < -0.39 is 0 Å². The third-order valence-electron chi connectivity index (χ3n) is 8.82. The second kappa shape index (κ2) is 11.3. The Labute approximate surface area is 270 Å². The number of benzene rings is 3. The fraction of sp³-hybridized carbons (Fsp3) is 0.0488. The number of H-pyrrole nitrogens is 4. The summed E-state index contributed by atoms with van der Waals surface area (Å²) >= 11 is 0. The van der Waals surface area contributed by atoms with Crippen LogP contribution in [0.15, 0.2) is 115 Å². The molecule has 6 heteroatoms. The zero-order chi connectivity index (χ0) is 31.2. The number of hydrogen-bond acceptors (Lipinski definition) is 2. The number of nitrogens with zero attached hydrogens (tertiary/aromatic N) is 1. The van der Waals surface area contributed by atoms with Crippen molar-refractivity contribution < 1.29 is 4.74 Å². The van der Waals surface area contributed by atoms with Gasteiger partial charge in [-0.2, -0.15) is 0 Å². The first kappa shape index (κ1) is 27.1. The number of fused-ring (bicyclic) bond motifs is 13. The van der Waals surface area contributed by atoms with E-state index in [0.717, 1.165) is 73.2 Å². The number of pyridine rings is 1. The molecular weight excluding hydrogens is 578 g/mol. The molecule has 0 radical (unpaired) electrons. The predicted octanol–water partition coefficient (Wildman–Crippen LogP) is 5.62. The van der Waals surface area contributed by atoms with Crippen LogP contribution in [0.25, 0.3) is 57.0 Å². The molecule has 0 fully saturated rings. The van der Waals surface area contributed by atoms with Crippen LogP contribution in [-0.2, 0) is 6.42 Å². The van der Waals surface area contributed by atoms with E-state index in [-0.39, 0.29) is 0 Å². The standard InChI is InChI=1S/C41H31N5O/c1-2-7-35-26(5-1)10-17-36-38-25-39-37(27-8-15-34(16-9-27)47-20-18-28-6-3-4-19-42-28)23-33(45-39)22-31-12-11-29(43-31)21-30-13-14-32(44-30)24-40(46-38)41(35)36/h1-17,19,21-25,43-46H,18,20H2. The Kier molecular flexibility index (Phi) is 6.49. The molecule has 8 bridgehead atoms. The molecular formula is C41H31N5O. The minimum Gasteiger partial charge on any atom is -0.493 e. The van der Waals surface area contributed by atoms with Gasteiger partial charge in [-0.3, -0.25) is 4.98 Å². The second-order valence-electron chi connectivity index (χ2n) is 12.0. The van der Waals surface area contributed by atoms with Crippen molar-refractivity contribution in [1.82, 2.24) is 24.9 Å². The van der Waals surface area contributed by atoms with Crippen molar-refractivity contribution in [3.63, 3.8) is 0 Å². The van der Waals surface area contributed by atoms with Gasteiger partial charge >= 0.3 is 0 Å². The lowest BCUT2D eigenvalue weighted by atomic mass is 10.0. The molecule has 47 heavy (non-hydrogen) atoms. The molecule has 0 saturated carbocycles. The summed E-state index contributed by atoms with van der Waals surface area (Å²) in [5, 5.41) is 9.00. The Bertz CT molecular complexity index is 2650. The number of ether oxygens (including phenoxy) is 1. The van der Waals surface area contributed by atoms with Gasteiger partial charge in [0.1, 0.15) is 5.75 Å². The van der Waals surface area contributed by atoms with Crippen molar-refractivity contribution in [1.29, 1.82) is 0 Å². The largest absolute Gasteiger partial charge is 0.493 e. The summed E-state index contributed by atoms with van der Waals surface area (Å²) in [5.74, 6) is 0.841. The summed E-state index contributed by atoms with van der Waals surface area (Å²) in [5.41, 5.74) is 7.36. The van der Waals surface area contributed by atoms with Gasteiger partial charge in [0.25, 0.3) is 0 Å². The summed E-state index contributed by atoms with van der Waals surface area (Å²) in [6.45, 7) is 0.575. The van der Waals surface area contributed by atoms with Crippen LogP contribution < -0.4 is 26.1 Å². The summed E-state index contributed by atoms with van der Waals surface area (Å²) in [4.78, 5) is 19.0. The van der Waals surface area contributed by atoms with Crippen molar-refractivity contribution in [2.24, 2.45) is 0 Å². The molecule has 6 heterocycles. The second-order valence-corrected chi connectivity index (χ2v) is 12.0. The molecule has 3 aromatic carbocycles. The van der Waals surface area contributed by atoms with Gasteiger partial charge in [0.2, 0.25) is 0 Å². The SMILES string of the molecule is C1=c2ccc([nH]2)=Cc2cc(-c3ccc(OCCc4ccccn4)cc3)c([nH]2)C=c2[nH]c(c3c2ccc2ccccc23)=Cc2ccc1[nH]2.